The number of hydrogen-bond donors (Lipinski definition) is 0. The van der Waals surface area contributed by atoms with Gasteiger partial charge in [0.15, 0.2) is 18.1 Å². The minimum absolute atomic E-state index is 0.0886. The summed E-state index contributed by atoms with van der Waals surface area (Å²) in [6.45, 7) is 1.68. The lowest BCUT2D eigenvalue weighted by atomic mass is 10.2. The first-order chi connectivity index (χ1) is 8.74. The molecule has 2 aliphatic rings. The molecule has 1 fully saturated rings. The van der Waals surface area contributed by atoms with Crippen LogP contribution in [0.5, 0.6) is 11.5 Å². The molecule has 1 unspecified atom stereocenters. The molecule has 0 aromatic heterocycles. The maximum absolute atomic E-state index is 13.2. The Morgan fingerprint density at radius 1 is 1.17 bits per heavy atom. The maximum atomic E-state index is 13.2. The van der Waals surface area contributed by atoms with Gasteiger partial charge in [0.25, 0.3) is 6.36 Å². The van der Waals surface area contributed by atoms with Crippen molar-refractivity contribution in [1.29, 1.82) is 0 Å². The van der Waals surface area contributed by atoms with Crippen LogP contribution < -0.4 is 14.4 Å². The molecule has 0 bridgehead atoms. The Morgan fingerprint density at radius 2 is 1.94 bits per heavy atom. The number of benzene rings is 1. The number of halogens is 2. The highest BCUT2D eigenvalue weighted by atomic mass is 19.2. The summed E-state index contributed by atoms with van der Waals surface area (Å²) >= 11 is 0. The van der Waals surface area contributed by atoms with Gasteiger partial charge in [-0.1, -0.05) is 6.07 Å². The molecule has 0 radical (unpaired) electrons. The first-order valence-electron chi connectivity index (χ1n) is 5.96. The second-order valence-corrected chi connectivity index (χ2v) is 4.34. The van der Waals surface area contributed by atoms with Gasteiger partial charge in [-0.2, -0.15) is 4.39 Å². The van der Waals surface area contributed by atoms with Crippen LogP contribution in [0, 0.1) is 0 Å². The molecular weight excluding hydrogens is 242 g/mol. The van der Waals surface area contributed by atoms with E-state index in [0.29, 0.717) is 37.7 Å². The van der Waals surface area contributed by atoms with Crippen LogP contribution in [0.2, 0.25) is 0 Å². The molecular formula is C12H14F2N2O2. The first-order valence-corrected chi connectivity index (χ1v) is 5.96. The van der Waals surface area contributed by atoms with Crippen LogP contribution in [0.25, 0.3) is 0 Å². The van der Waals surface area contributed by atoms with Gasteiger partial charge in [-0.25, -0.2) is 0 Å². The lowest BCUT2D eigenvalue weighted by Gasteiger charge is -2.34. The molecule has 18 heavy (non-hydrogen) atoms. The number of piperazine rings is 1. The van der Waals surface area contributed by atoms with Crippen LogP contribution in [-0.2, 0) is 0 Å². The molecule has 2 aliphatic heterocycles. The van der Waals surface area contributed by atoms with Gasteiger partial charge in [0.2, 0.25) is 0 Å². The molecule has 0 aliphatic carbocycles. The number of para-hydroxylation sites is 1. The van der Waals surface area contributed by atoms with E-state index >= 15 is 0 Å². The van der Waals surface area contributed by atoms with Gasteiger partial charge < -0.3 is 14.4 Å². The van der Waals surface area contributed by atoms with Crippen molar-refractivity contribution in [3.05, 3.63) is 18.2 Å². The highest BCUT2D eigenvalue weighted by Gasteiger charge is 2.26. The first kappa shape index (κ1) is 11.5. The molecule has 0 spiro atoms. The Labute approximate surface area is 104 Å². The predicted octanol–water partition coefficient (Wildman–Crippen LogP) is 1.76. The summed E-state index contributed by atoms with van der Waals surface area (Å²) in [5.41, 5.74) is 0.767. The van der Waals surface area contributed by atoms with Crippen molar-refractivity contribution in [2.24, 2.45) is 0 Å². The zero-order valence-corrected chi connectivity index (χ0v) is 9.81. The fourth-order valence-corrected chi connectivity index (χ4v) is 2.23. The Bertz CT molecular complexity index is 436. The van der Waals surface area contributed by atoms with Crippen molar-refractivity contribution < 1.29 is 18.3 Å². The van der Waals surface area contributed by atoms with Crippen LogP contribution >= 0.6 is 0 Å². The van der Waals surface area contributed by atoms with E-state index < -0.39 is 6.36 Å². The highest BCUT2D eigenvalue weighted by molar-refractivity contribution is 5.65. The van der Waals surface area contributed by atoms with Crippen LogP contribution in [0.4, 0.5) is 14.6 Å². The molecule has 6 heteroatoms. The van der Waals surface area contributed by atoms with Crippen molar-refractivity contribution >= 4 is 5.69 Å². The molecule has 2 heterocycles. The van der Waals surface area contributed by atoms with E-state index in [0.717, 1.165) is 10.8 Å². The summed E-state index contributed by atoms with van der Waals surface area (Å²) in [6.07, 6.45) is -1.44. The molecule has 0 amide bonds. The van der Waals surface area contributed by atoms with E-state index in [1.807, 2.05) is 17.0 Å². The topological polar surface area (TPSA) is 24.9 Å². The number of rotatable bonds is 1. The standard InChI is InChI=1S/C12H14F2N2O2/c13-11-8-17-10-3-1-2-9(12(10)18-11)15-4-6-16(14)7-5-15/h1-3,11H,4-8H2. The number of anilines is 1. The molecule has 4 nitrogen and oxygen atoms in total. The molecule has 1 atom stereocenters. The van der Waals surface area contributed by atoms with Crippen molar-refractivity contribution in [2.45, 2.75) is 6.36 Å². The lowest BCUT2D eigenvalue weighted by Crippen LogP contribution is -2.43. The number of ether oxygens (including phenoxy) is 2. The van der Waals surface area contributed by atoms with E-state index in [-0.39, 0.29) is 6.61 Å². The Morgan fingerprint density at radius 3 is 2.72 bits per heavy atom. The summed E-state index contributed by atoms with van der Waals surface area (Å²) in [5, 5.41) is 0.779. The van der Waals surface area contributed by atoms with Gasteiger partial charge in [-0.3, -0.25) is 0 Å². The normalized spacial score (nSPS) is 24.1. The van der Waals surface area contributed by atoms with Crippen LogP contribution in [0.1, 0.15) is 0 Å². The second kappa shape index (κ2) is 4.61. The number of hydrogen-bond acceptors (Lipinski definition) is 4. The fourth-order valence-electron chi connectivity index (χ4n) is 2.23. The van der Waals surface area contributed by atoms with Gasteiger partial charge >= 0.3 is 0 Å². The van der Waals surface area contributed by atoms with Crippen LogP contribution in [0.3, 0.4) is 0 Å². The van der Waals surface area contributed by atoms with Crippen LogP contribution in [0.15, 0.2) is 18.2 Å². The minimum Gasteiger partial charge on any atom is -0.483 e. The van der Waals surface area contributed by atoms with E-state index in [9.17, 15) is 8.87 Å². The molecule has 1 aromatic rings. The summed E-state index contributed by atoms with van der Waals surface area (Å²) in [5.74, 6) is 0.965. The van der Waals surface area contributed by atoms with Gasteiger partial charge in [-0.05, 0) is 12.1 Å². The van der Waals surface area contributed by atoms with Gasteiger partial charge in [0.05, 0.1) is 5.69 Å². The largest absolute Gasteiger partial charge is 0.483 e. The SMILES string of the molecule is FC1COc2cccc(N3CCN(F)CC3)c2O1. The van der Waals surface area contributed by atoms with E-state index in [4.69, 9.17) is 9.47 Å². The molecule has 1 aromatic carbocycles. The average Bonchev–Trinajstić information content (AvgIpc) is 2.39. The van der Waals surface area contributed by atoms with Crippen LogP contribution in [-0.4, -0.2) is 44.3 Å². The third-order valence-corrected chi connectivity index (χ3v) is 3.14. The fraction of sp³-hybridized carbons (Fsp3) is 0.500. The predicted molar refractivity (Wildman–Crippen MR) is 62.4 cm³/mol. The monoisotopic (exact) mass is 256 g/mol. The zero-order chi connectivity index (χ0) is 12.5. The summed E-state index contributed by atoms with van der Waals surface area (Å²) in [6, 6.07) is 5.42. The molecule has 98 valence electrons. The van der Waals surface area contributed by atoms with E-state index in [1.165, 1.54) is 0 Å². The summed E-state index contributed by atoms with van der Waals surface area (Å²) in [7, 11) is 0. The van der Waals surface area contributed by atoms with Gasteiger partial charge in [0, 0.05) is 26.2 Å². The third kappa shape index (κ3) is 2.08. The van der Waals surface area contributed by atoms with Crippen molar-refractivity contribution in [3.63, 3.8) is 0 Å². The average molecular weight is 256 g/mol. The maximum Gasteiger partial charge on any atom is 0.272 e. The summed E-state index contributed by atoms with van der Waals surface area (Å²) < 4.78 is 36.7. The smallest absolute Gasteiger partial charge is 0.272 e. The zero-order valence-electron chi connectivity index (χ0n) is 9.81. The Kier molecular flexibility index (Phi) is 2.95. The summed E-state index contributed by atoms with van der Waals surface area (Å²) in [4.78, 5) is 1.98. The number of nitrogens with zero attached hydrogens (tertiary/aromatic N) is 2. The number of alkyl halides is 1. The van der Waals surface area contributed by atoms with Crippen molar-refractivity contribution in [1.82, 2.24) is 5.12 Å². The lowest BCUT2D eigenvalue weighted by molar-refractivity contribution is -0.00332. The minimum atomic E-state index is -1.44. The molecule has 3 rings (SSSR count). The van der Waals surface area contributed by atoms with Gasteiger partial charge in [-0.15, -0.1) is 9.60 Å². The quantitative estimate of drug-likeness (QED) is 0.715. The van der Waals surface area contributed by atoms with E-state index in [2.05, 4.69) is 0 Å². The third-order valence-electron chi connectivity index (χ3n) is 3.14. The molecule has 1 saturated heterocycles. The van der Waals surface area contributed by atoms with Crippen molar-refractivity contribution in [3.8, 4) is 11.5 Å². The van der Waals surface area contributed by atoms with Gasteiger partial charge in [0.1, 0.15) is 0 Å². The van der Waals surface area contributed by atoms with E-state index in [1.54, 1.807) is 6.07 Å². The Hall–Kier alpha value is -1.56. The molecule has 0 saturated carbocycles. The second-order valence-electron chi connectivity index (χ2n) is 4.34. The highest BCUT2D eigenvalue weighted by Crippen LogP contribution is 2.41. The number of fused-ring (bicyclic) bond motifs is 1. The molecule has 0 N–H and O–H groups in total. The Balaban J connectivity index is 1.88. The van der Waals surface area contributed by atoms with Crippen molar-refractivity contribution in [2.75, 3.05) is 37.7 Å².